The standard InChI is InChI=1S/C21H35NO2/c1-16(23-19-10-6-5-7-11-19)24-20-12-8-9-17(13-20)18(15-22)14-21(2,3)4/h8-9,12-13,16,18-19H,5-7,10-11,14-15,22H2,1-4H3. The number of nitrogens with two attached hydrogens (primary N) is 1. The molecule has 1 aliphatic rings. The predicted molar refractivity (Wildman–Crippen MR) is 100 cm³/mol. The second-order valence-corrected chi connectivity index (χ2v) is 8.35. The summed E-state index contributed by atoms with van der Waals surface area (Å²) in [6, 6.07) is 8.35. The molecule has 3 nitrogen and oxygen atoms in total. The van der Waals surface area contributed by atoms with Gasteiger partial charge in [0.25, 0.3) is 0 Å². The maximum atomic E-state index is 6.06. The Labute approximate surface area is 147 Å². The van der Waals surface area contributed by atoms with Crippen molar-refractivity contribution in [3.63, 3.8) is 0 Å². The number of benzene rings is 1. The lowest BCUT2D eigenvalue weighted by atomic mass is 9.81. The summed E-state index contributed by atoms with van der Waals surface area (Å²) in [5, 5.41) is 0. The molecule has 0 heterocycles. The van der Waals surface area contributed by atoms with E-state index in [1.54, 1.807) is 0 Å². The molecule has 1 aromatic rings. The van der Waals surface area contributed by atoms with Crippen molar-refractivity contribution < 1.29 is 9.47 Å². The molecule has 1 aromatic carbocycles. The van der Waals surface area contributed by atoms with E-state index in [0.29, 0.717) is 18.6 Å². The Morgan fingerprint density at radius 1 is 1.17 bits per heavy atom. The van der Waals surface area contributed by atoms with Gasteiger partial charge in [-0.2, -0.15) is 0 Å². The van der Waals surface area contributed by atoms with Gasteiger partial charge in [-0.25, -0.2) is 0 Å². The zero-order valence-corrected chi connectivity index (χ0v) is 15.9. The van der Waals surface area contributed by atoms with E-state index >= 15 is 0 Å². The van der Waals surface area contributed by atoms with E-state index in [4.69, 9.17) is 15.2 Å². The summed E-state index contributed by atoms with van der Waals surface area (Å²) < 4.78 is 12.1. The normalized spacial score (nSPS) is 19.0. The molecule has 0 radical (unpaired) electrons. The minimum Gasteiger partial charge on any atom is -0.465 e. The van der Waals surface area contributed by atoms with Crippen LogP contribution >= 0.6 is 0 Å². The highest BCUT2D eigenvalue weighted by atomic mass is 16.7. The first-order valence-corrected chi connectivity index (χ1v) is 9.49. The van der Waals surface area contributed by atoms with E-state index in [0.717, 1.165) is 25.0 Å². The monoisotopic (exact) mass is 333 g/mol. The minimum atomic E-state index is -0.206. The Morgan fingerprint density at radius 3 is 2.50 bits per heavy atom. The van der Waals surface area contributed by atoms with Crippen LogP contribution in [0.1, 0.15) is 77.7 Å². The van der Waals surface area contributed by atoms with Crippen LogP contribution in [0, 0.1) is 5.41 Å². The highest BCUT2D eigenvalue weighted by Crippen LogP contribution is 2.32. The van der Waals surface area contributed by atoms with Gasteiger partial charge in [0.15, 0.2) is 6.29 Å². The smallest absolute Gasteiger partial charge is 0.197 e. The van der Waals surface area contributed by atoms with Crippen LogP contribution in [-0.2, 0) is 4.74 Å². The van der Waals surface area contributed by atoms with Crippen LogP contribution in [0.4, 0.5) is 0 Å². The molecule has 0 amide bonds. The van der Waals surface area contributed by atoms with Gasteiger partial charge in [-0.1, -0.05) is 52.2 Å². The third-order valence-electron chi connectivity index (χ3n) is 4.71. The third kappa shape index (κ3) is 6.45. The van der Waals surface area contributed by atoms with E-state index in [9.17, 15) is 0 Å². The maximum Gasteiger partial charge on any atom is 0.197 e. The first-order valence-electron chi connectivity index (χ1n) is 9.49. The summed E-state index contributed by atoms with van der Waals surface area (Å²) in [4.78, 5) is 0. The molecule has 0 aromatic heterocycles. The third-order valence-corrected chi connectivity index (χ3v) is 4.71. The molecule has 2 unspecified atom stereocenters. The molecule has 1 saturated carbocycles. The van der Waals surface area contributed by atoms with Crippen LogP contribution in [0.25, 0.3) is 0 Å². The molecule has 1 fully saturated rings. The molecule has 2 atom stereocenters. The van der Waals surface area contributed by atoms with Crippen molar-refractivity contribution in [3.05, 3.63) is 29.8 Å². The SMILES string of the molecule is CC(Oc1cccc(C(CN)CC(C)(C)C)c1)OC1CCCCC1. The van der Waals surface area contributed by atoms with Crippen molar-refractivity contribution in [3.8, 4) is 5.75 Å². The zero-order valence-electron chi connectivity index (χ0n) is 15.9. The van der Waals surface area contributed by atoms with Crippen molar-refractivity contribution in [2.75, 3.05) is 6.54 Å². The molecular formula is C21H35NO2. The Hall–Kier alpha value is -1.06. The van der Waals surface area contributed by atoms with Crippen LogP contribution in [0.3, 0.4) is 0 Å². The highest BCUT2D eigenvalue weighted by Gasteiger charge is 2.20. The first kappa shape index (κ1) is 19.3. The Balaban J connectivity index is 1.95. The lowest BCUT2D eigenvalue weighted by Gasteiger charge is -2.27. The molecule has 24 heavy (non-hydrogen) atoms. The highest BCUT2D eigenvalue weighted by molar-refractivity contribution is 5.31. The van der Waals surface area contributed by atoms with Gasteiger partial charge in [0.1, 0.15) is 5.75 Å². The van der Waals surface area contributed by atoms with Crippen LogP contribution in [0.15, 0.2) is 24.3 Å². The van der Waals surface area contributed by atoms with Gasteiger partial charge in [-0.05, 0) is 61.8 Å². The van der Waals surface area contributed by atoms with Crippen LogP contribution in [0.5, 0.6) is 5.75 Å². The topological polar surface area (TPSA) is 44.5 Å². The van der Waals surface area contributed by atoms with Gasteiger partial charge >= 0.3 is 0 Å². The largest absolute Gasteiger partial charge is 0.465 e. The lowest BCUT2D eigenvalue weighted by Crippen LogP contribution is -2.26. The number of hydrogen-bond donors (Lipinski definition) is 1. The van der Waals surface area contributed by atoms with Crippen molar-refractivity contribution in [1.82, 2.24) is 0 Å². The summed E-state index contributed by atoms with van der Waals surface area (Å²) in [6.07, 6.45) is 7.43. The van der Waals surface area contributed by atoms with Crippen molar-refractivity contribution in [2.45, 2.75) is 84.5 Å². The maximum absolute atomic E-state index is 6.06. The Bertz CT molecular complexity index is 489. The van der Waals surface area contributed by atoms with Gasteiger partial charge in [0.2, 0.25) is 0 Å². The minimum absolute atomic E-state index is 0.206. The molecule has 1 aliphatic carbocycles. The van der Waals surface area contributed by atoms with Crippen LogP contribution in [-0.4, -0.2) is 18.9 Å². The molecule has 136 valence electrons. The Kier molecular flexibility index (Phi) is 7.12. The van der Waals surface area contributed by atoms with Gasteiger partial charge < -0.3 is 15.2 Å². The van der Waals surface area contributed by atoms with Gasteiger partial charge in [0, 0.05) is 0 Å². The number of ether oxygens (including phenoxy) is 2. The fraction of sp³-hybridized carbons (Fsp3) is 0.714. The molecule has 0 spiro atoms. The number of hydrogen-bond acceptors (Lipinski definition) is 3. The molecular weight excluding hydrogens is 298 g/mol. The van der Waals surface area contributed by atoms with Gasteiger partial charge in [-0.15, -0.1) is 0 Å². The van der Waals surface area contributed by atoms with Gasteiger partial charge in [-0.3, -0.25) is 0 Å². The average Bonchev–Trinajstić information content (AvgIpc) is 2.53. The van der Waals surface area contributed by atoms with Crippen molar-refractivity contribution >= 4 is 0 Å². The van der Waals surface area contributed by atoms with E-state index in [1.165, 1.54) is 24.8 Å². The summed E-state index contributed by atoms with van der Waals surface area (Å²) in [6.45, 7) is 9.44. The summed E-state index contributed by atoms with van der Waals surface area (Å²) in [7, 11) is 0. The van der Waals surface area contributed by atoms with E-state index < -0.39 is 0 Å². The molecule has 2 N–H and O–H groups in total. The predicted octanol–water partition coefficient (Wildman–Crippen LogP) is 5.24. The molecule has 0 saturated heterocycles. The zero-order chi connectivity index (χ0) is 17.6. The quantitative estimate of drug-likeness (QED) is 0.694. The molecule has 0 aliphatic heterocycles. The second kappa shape index (κ2) is 8.87. The molecule has 0 bridgehead atoms. The first-order chi connectivity index (χ1) is 11.4. The fourth-order valence-corrected chi connectivity index (χ4v) is 3.61. The summed E-state index contributed by atoms with van der Waals surface area (Å²) in [5.41, 5.74) is 7.54. The van der Waals surface area contributed by atoms with Crippen LogP contribution < -0.4 is 10.5 Å². The second-order valence-electron chi connectivity index (χ2n) is 8.35. The van der Waals surface area contributed by atoms with E-state index in [2.05, 4.69) is 39.0 Å². The van der Waals surface area contributed by atoms with Gasteiger partial charge in [0.05, 0.1) is 6.10 Å². The Morgan fingerprint density at radius 2 is 1.88 bits per heavy atom. The van der Waals surface area contributed by atoms with Crippen LogP contribution in [0.2, 0.25) is 0 Å². The molecule has 3 heteroatoms. The van der Waals surface area contributed by atoms with Crippen molar-refractivity contribution in [2.24, 2.45) is 11.1 Å². The number of rotatable bonds is 7. The van der Waals surface area contributed by atoms with E-state index in [-0.39, 0.29) is 11.7 Å². The summed E-state index contributed by atoms with van der Waals surface area (Å²) in [5.74, 6) is 1.24. The van der Waals surface area contributed by atoms with E-state index in [1.807, 2.05) is 13.0 Å². The lowest BCUT2D eigenvalue weighted by molar-refractivity contribution is -0.116. The molecule has 2 rings (SSSR count). The average molecular weight is 334 g/mol. The van der Waals surface area contributed by atoms with Crippen molar-refractivity contribution in [1.29, 1.82) is 0 Å². The summed E-state index contributed by atoms with van der Waals surface area (Å²) >= 11 is 0. The fourth-order valence-electron chi connectivity index (χ4n) is 3.61.